The van der Waals surface area contributed by atoms with Crippen molar-refractivity contribution in [2.75, 3.05) is 7.11 Å². The molecular weight excluding hydrogens is 270 g/mol. The predicted octanol–water partition coefficient (Wildman–Crippen LogP) is 2.37. The average molecular weight is 289 g/mol. The summed E-state index contributed by atoms with van der Waals surface area (Å²) in [5.74, 6) is 0.641. The SMILES string of the molecule is CCC1(CC)C(=O)NC(=O)NC1=Nc1ccccc1OC. The van der Waals surface area contributed by atoms with Gasteiger partial charge in [-0.25, -0.2) is 9.79 Å². The lowest BCUT2D eigenvalue weighted by molar-refractivity contribution is -0.127. The van der Waals surface area contributed by atoms with Crippen molar-refractivity contribution in [3.05, 3.63) is 24.3 Å². The fraction of sp³-hybridized carbons (Fsp3) is 0.400. The second kappa shape index (κ2) is 5.95. The number of rotatable bonds is 4. The Labute approximate surface area is 123 Å². The van der Waals surface area contributed by atoms with Crippen LogP contribution in [0.4, 0.5) is 10.5 Å². The molecule has 0 saturated carbocycles. The number of imide groups is 1. The first-order valence-electron chi connectivity index (χ1n) is 6.92. The van der Waals surface area contributed by atoms with Crippen LogP contribution in [0, 0.1) is 5.41 Å². The van der Waals surface area contributed by atoms with Crippen molar-refractivity contribution in [2.45, 2.75) is 26.7 Å². The Kier molecular flexibility index (Phi) is 4.26. The van der Waals surface area contributed by atoms with Crippen molar-refractivity contribution < 1.29 is 14.3 Å². The maximum atomic E-state index is 12.3. The molecule has 1 aromatic rings. The molecule has 0 bridgehead atoms. The average Bonchev–Trinajstić information content (AvgIpc) is 2.48. The zero-order valence-electron chi connectivity index (χ0n) is 12.4. The number of hydrogen-bond donors (Lipinski definition) is 2. The minimum atomic E-state index is -0.825. The smallest absolute Gasteiger partial charge is 0.326 e. The van der Waals surface area contributed by atoms with Crippen LogP contribution in [0.5, 0.6) is 5.75 Å². The van der Waals surface area contributed by atoms with E-state index in [4.69, 9.17) is 4.74 Å². The number of amidine groups is 1. The summed E-state index contributed by atoms with van der Waals surface area (Å²) in [6.45, 7) is 3.80. The van der Waals surface area contributed by atoms with Gasteiger partial charge in [0.05, 0.1) is 7.11 Å². The monoisotopic (exact) mass is 289 g/mol. The van der Waals surface area contributed by atoms with Crippen LogP contribution in [-0.4, -0.2) is 24.9 Å². The number of aliphatic imine (C=N–C) groups is 1. The van der Waals surface area contributed by atoms with Crippen molar-refractivity contribution >= 4 is 23.5 Å². The number of carbonyl (C=O) groups excluding carboxylic acids is 2. The lowest BCUT2D eigenvalue weighted by Gasteiger charge is -2.35. The molecule has 0 aliphatic carbocycles. The van der Waals surface area contributed by atoms with Gasteiger partial charge in [-0.3, -0.25) is 15.4 Å². The second-order valence-electron chi connectivity index (χ2n) is 4.83. The highest BCUT2D eigenvalue weighted by Crippen LogP contribution is 2.34. The molecule has 0 spiro atoms. The van der Waals surface area contributed by atoms with E-state index in [1.54, 1.807) is 19.2 Å². The quantitative estimate of drug-likeness (QED) is 0.893. The first-order valence-corrected chi connectivity index (χ1v) is 6.92. The third-order valence-electron chi connectivity index (χ3n) is 3.87. The van der Waals surface area contributed by atoms with Gasteiger partial charge >= 0.3 is 6.03 Å². The molecule has 0 atom stereocenters. The van der Waals surface area contributed by atoms with Crippen molar-refractivity contribution in [1.29, 1.82) is 0 Å². The number of methoxy groups -OCH3 is 1. The normalized spacial score (nSPS) is 19.1. The van der Waals surface area contributed by atoms with Crippen LogP contribution in [0.1, 0.15) is 26.7 Å². The molecule has 0 unspecified atom stereocenters. The number of nitrogens with one attached hydrogen (secondary N) is 2. The summed E-state index contributed by atoms with van der Waals surface area (Å²) in [4.78, 5) is 28.3. The number of para-hydroxylation sites is 2. The van der Waals surface area contributed by atoms with E-state index in [-0.39, 0.29) is 5.91 Å². The zero-order valence-corrected chi connectivity index (χ0v) is 12.4. The predicted molar refractivity (Wildman–Crippen MR) is 79.8 cm³/mol. The number of carbonyl (C=O) groups is 2. The molecule has 3 amide bonds. The Morgan fingerprint density at radius 2 is 1.81 bits per heavy atom. The Balaban J connectivity index is 2.53. The molecule has 1 heterocycles. The number of benzene rings is 1. The summed E-state index contributed by atoms with van der Waals surface area (Å²) in [5, 5.41) is 4.98. The van der Waals surface area contributed by atoms with Gasteiger partial charge in [-0.2, -0.15) is 0 Å². The van der Waals surface area contributed by atoms with E-state index in [0.29, 0.717) is 30.1 Å². The summed E-state index contributed by atoms with van der Waals surface area (Å²) in [5.41, 5.74) is -0.245. The van der Waals surface area contributed by atoms with Crippen LogP contribution in [0.25, 0.3) is 0 Å². The molecule has 2 rings (SSSR count). The maximum Gasteiger partial charge on any atom is 0.326 e. The summed E-state index contributed by atoms with van der Waals surface area (Å²) in [6.07, 6.45) is 1.09. The fourth-order valence-electron chi connectivity index (χ4n) is 2.47. The molecule has 2 N–H and O–H groups in total. The third-order valence-corrected chi connectivity index (χ3v) is 3.87. The second-order valence-corrected chi connectivity index (χ2v) is 4.83. The van der Waals surface area contributed by atoms with Gasteiger partial charge in [0.25, 0.3) is 0 Å². The minimum Gasteiger partial charge on any atom is -0.494 e. The lowest BCUT2D eigenvalue weighted by atomic mass is 9.78. The Bertz CT molecular complexity index is 592. The number of hydrogen-bond acceptors (Lipinski definition) is 4. The summed E-state index contributed by atoms with van der Waals surface area (Å²) in [7, 11) is 1.55. The van der Waals surface area contributed by atoms with Crippen LogP contribution in [-0.2, 0) is 4.79 Å². The molecule has 0 radical (unpaired) electrons. The van der Waals surface area contributed by atoms with Crippen molar-refractivity contribution in [2.24, 2.45) is 10.4 Å². The van der Waals surface area contributed by atoms with Crippen LogP contribution in [0.15, 0.2) is 29.3 Å². The maximum absolute atomic E-state index is 12.3. The highest BCUT2D eigenvalue weighted by atomic mass is 16.5. The van der Waals surface area contributed by atoms with Gasteiger partial charge in [0.2, 0.25) is 5.91 Å². The molecular formula is C15H19N3O3. The van der Waals surface area contributed by atoms with E-state index in [2.05, 4.69) is 15.6 Å². The highest BCUT2D eigenvalue weighted by molar-refractivity contribution is 6.21. The zero-order chi connectivity index (χ0) is 15.5. The van der Waals surface area contributed by atoms with E-state index >= 15 is 0 Å². The van der Waals surface area contributed by atoms with Gasteiger partial charge in [-0.15, -0.1) is 0 Å². The molecule has 1 aromatic carbocycles. The first-order chi connectivity index (χ1) is 10.1. The topological polar surface area (TPSA) is 79.8 Å². The molecule has 112 valence electrons. The van der Waals surface area contributed by atoms with Crippen LogP contribution in [0.2, 0.25) is 0 Å². The largest absolute Gasteiger partial charge is 0.494 e. The van der Waals surface area contributed by atoms with Gasteiger partial charge in [-0.05, 0) is 25.0 Å². The molecule has 21 heavy (non-hydrogen) atoms. The third kappa shape index (κ3) is 2.61. The Morgan fingerprint density at radius 3 is 2.43 bits per heavy atom. The molecule has 0 aromatic heterocycles. The van der Waals surface area contributed by atoms with E-state index in [1.807, 2.05) is 26.0 Å². The van der Waals surface area contributed by atoms with E-state index in [1.165, 1.54) is 0 Å². The fourth-order valence-corrected chi connectivity index (χ4v) is 2.47. The van der Waals surface area contributed by atoms with Crippen molar-refractivity contribution in [1.82, 2.24) is 10.6 Å². The molecule has 6 heteroatoms. The van der Waals surface area contributed by atoms with Gasteiger partial charge in [-0.1, -0.05) is 26.0 Å². The number of ether oxygens (including phenoxy) is 1. The van der Waals surface area contributed by atoms with Crippen LogP contribution in [0.3, 0.4) is 0 Å². The van der Waals surface area contributed by atoms with Gasteiger partial charge in [0, 0.05) is 0 Å². The van der Waals surface area contributed by atoms with Gasteiger partial charge < -0.3 is 4.74 Å². The molecule has 6 nitrogen and oxygen atoms in total. The number of urea groups is 1. The summed E-state index contributed by atoms with van der Waals surface area (Å²) >= 11 is 0. The minimum absolute atomic E-state index is 0.315. The standard InChI is InChI=1S/C15H19N3O3/c1-4-15(5-2)12(17-14(20)18-13(15)19)16-10-8-6-7-9-11(10)21-3/h6-9H,4-5H2,1-3H3,(H2,16,17,18,19,20). The lowest BCUT2D eigenvalue weighted by Crippen LogP contribution is -2.62. The summed E-state index contributed by atoms with van der Waals surface area (Å²) in [6, 6.07) is 6.67. The van der Waals surface area contributed by atoms with Crippen molar-refractivity contribution in [3.8, 4) is 5.75 Å². The van der Waals surface area contributed by atoms with E-state index < -0.39 is 11.4 Å². The molecule has 1 saturated heterocycles. The van der Waals surface area contributed by atoms with Gasteiger partial charge in [0.15, 0.2) is 0 Å². The van der Waals surface area contributed by atoms with Crippen LogP contribution >= 0.6 is 0 Å². The molecule has 1 fully saturated rings. The number of amides is 3. The van der Waals surface area contributed by atoms with E-state index in [9.17, 15) is 9.59 Å². The molecule has 1 aliphatic heterocycles. The first kappa shape index (κ1) is 15.0. The number of nitrogens with zero attached hydrogens (tertiary/aromatic N) is 1. The van der Waals surface area contributed by atoms with E-state index in [0.717, 1.165) is 0 Å². The van der Waals surface area contributed by atoms with Gasteiger partial charge in [0.1, 0.15) is 22.7 Å². The summed E-state index contributed by atoms with van der Waals surface area (Å²) < 4.78 is 5.26. The van der Waals surface area contributed by atoms with Crippen molar-refractivity contribution in [3.63, 3.8) is 0 Å². The van der Waals surface area contributed by atoms with Crippen LogP contribution < -0.4 is 15.4 Å². The highest BCUT2D eigenvalue weighted by Gasteiger charge is 2.45. The molecule has 1 aliphatic rings. The Hall–Kier alpha value is -2.37. The Morgan fingerprint density at radius 1 is 1.14 bits per heavy atom.